The van der Waals surface area contributed by atoms with Crippen molar-refractivity contribution in [2.75, 3.05) is 17.3 Å². The van der Waals surface area contributed by atoms with Crippen molar-refractivity contribution in [1.29, 1.82) is 0 Å². The number of rotatable bonds is 7. The molecule has 10 heteroatoms. The van der Waals surface area contributed by atoms with E-state index in [-0.39, 0.29) is 23.2 Å². The van der Waals surface area contributed by atoms with E-state index in [0.717, 1.165) is 0 Å². The number of carbonyl (C=O) groups is 1. The molecule has 1 N–H and O–H groups in total. The molecule has 1 aliphatic heterocycles. The maximum Gasteiger partial charge on any atom is 0.230 e. The Hall–Kier alpha value is -1.81. The molecule has 2 aromatic rings. The predicted octanol–water partition coefficient (Wildman–Crippen LogP) is 1.98. The summed E-state index contributed by atoms with van der Waals surface area (Å²) in [7, 11) is -3.07. The zero-order valence-corrected chi connectivity index (χ0v) is 17.3. The third-order valence-corrected chi connectivity index (χ3v) is 7.15. The maximum absolute atomic E-state index is 12.4. The van der Waals surface area contributed by atoms with Gasteiger partial charge in [-0.05, 0) is 31.4 Å². The van der Waals surface area contributed by atoms with Gasteiger partial charge in [0.2, 0.25) is 5.91 Å². The van der Waals surface area contributed by atoms with Crippen LogP contribution in [0.2, 0.25) is 0 Å². The van der Waals surface area contributed by atoms with Crippen molar-refractivity contribution in [2.45, 2.75) is 44.4 Å². The highest BCUT2D eigenvalue weighted by Gasteiger charge is 2.39. The lowest BCUT2D eigenvalue weighted by molar-refractivity contribution is -0.120. The van der Waals surface area contributed by atoms with Crippen LogP contribution in [0.25, 0.3) is 11.6 Å². The topological polar surface area (TPSA) is 107 Å². The predicted molar refractivity (Wildman–Crippen MR) is 103 cm³/mol. The molecule has 0 bridgehead atoms. The minimum absolute atomic E-state index is 0.0113. The number of hydrogen-bond acceptors (Lipinski definition) is 7. The Balaban J connectivity index is 1.68. The minimum Gasteiger partial charge on any atom is -0.461 e. The average Bonchev–Trinajstić information content (AvgIpc) is 3.25. The number of thioether (sulfide) groups is 1. The zero-order valence-electron chi connectivity index (χ0n) is 15.6. The third-order valence-electron chi connectivity index (χ3n) is 4.28. The Kier molecular flexibility index (Phi) is 5.66. The largest absolute Gasteiger partial charge is 0.461 e. The summed E-state index contributed by atoms with van der Waals surface area (Å²) < 4.78 is 30.7. The first-order valence-corrected chi connectivity index (χ1v) is 11.6. The van der Waals surface area contributed by atoms with Crippen LogP contribution in [0.15, 0.2) is 28.0 Å². The SMILES string of the molecule is CC(C)Cn1c(SCC(=O)NC2(C)CCS(=O)(=O)C2)nnc1-c1ccco1. The van der Waals surface area contributed by atoms with Gasteiger partial charge in [-0.2, -0.15) is 0 Å². The molecule has 1 fully saturated rings. The summed E-state index contributed by atoms with van der Waals surface area (Å²) >= 11 is 1.28. The van der Waals surface area contributed by atoms with E-state index in [9.17, 15) is 13.2 Å². The third kappa shape index (κ3) is 4.92. The van der Waals surface area contributed by atoms with Crippen molar-refractivity contribution in [3.05, 3.63) is 18.4 Å². The van der Waals surface area contributed by atoms with E-state index in [0.29, 0.717) is 35.6 Å². The van der Waals surface area contributed by atoms with Crippen LogP contribution in [-0.2, 0) is 21.2 Å². The zero-order chi connectivity index (χ0) is 19.7. The van der Waals surface area contributed by atoms with E-state index < -0.39 is 15.4 Å². The molecule has 0 radical (unpaired) electrons. The van der Waals surface area contributed by atoms with E-state index in [1.165, 1.54) is 11.8 Å². The Bertz CT molecular complexity index is 906. The van der Waals surface area contributed by atoms with E-state index in [2.05, 4.69) is 29.4 Å². The number of nitrogens with zero attached hydrogens (tertiary/aromatic N) is 3. The molecule has 1 unspecified atom stereocenters. The van der Waals surface area contributed by atoms with Gasteiger partial charge in [-0.25, -0.2) is 8.42 Å². The van der Waals surface area contributed by atoms with Crippen LogP contribution >= 0.6 is 11.8 Å². The fraction of sp³-hybridized carbons (Fsp3) is 0.588. The molecule has 0 saturated carbocycles. The molecule has 1 amide bonds. The van der Waals surface area contributed by atoms with Gasteiger partial charge in [0.1, 0.15) is 0 Å². The maximum atomic E-state index is 12.4. The Morgan fingerprint density at radius 3 is 2.81 bits per heavy atom. The summed E-state index contributed by atoms with van der Waals surface area (Å²) in [5.41, 5.74) is -0.693. The first kappa shape index (κ1) is 19.9. The number of carbonyl (C=O) groups excluding carboxylic acids is 1. The first-order chi connectivity index (χ1) is 12.7. The molecular formula is C17H24N4O4S2. The van der Waals surface area contributed by atoms with Crippen molar-refractivity contribution >= 4 is 27.5 Å². The van der Waals surface area contributed by atoms with Gasteiger partial charge in [0, 0.05) is 6.54 Å². The van der Waals surface area contributed by atoms with Crippen LogP contribution in [0.1, 0.15) is 27.2 Å². The number of sulfone groups is 1. The molecule has 2 aromatic heterocycles. The standard InChI is InChI=1S/C17H24N4O4S2/c1-12(2)9-21-15(13-5-4-7-25-13)19-20-16(21)26-10-14(22)18-17(3)6-8-27(23,24)11-17/h4-5,7,12H,6,8-11H2,1-3H3,(H,18,22). The van der Waals surface area contributed by atoms with E-state index in [1.54, 1.807) is 19.3 Å². The van der Waals surface area contributed by atoms with Crippen molar-refractivity contribution < 1.29 is 17.6 Å². The van der Waals surface area contributed by atoms with Crippen LogP contribution in [0.5, 0.6) is 0 Å². The van der Waals surface area contributed by atoms with Gasteiger partial charge in [0.25, 0.3) is 0 Å². The van der Waals surface area contributed by atoms with Gasteiger partial charge in [0.05, 0.1) is 29.1 Å². The van der Waals surface area contributed by atoms with Crippen molar-refractivity contribution in [3.63, 3.8) is 0 Å². The second-order valence-electron chi connectivity index (χ2n) is 7.53. The summed E-state index contributed by atoms with van der Waals surface area (Å²) in [6.45, 7) is 6.65. The second kappa shape index (κ2) is 7.67. The van der Waals surface area contributed by atoms with E-state index in [4.69, 9.17) is 4.42 Å². The monoisotopic (exact) mass is 412 g/mol. The lowest BCUT2D eigenvalue weighted by Gasteiger charge is -2.23. The highest BCUT2D eigenvalue weighted by molar-refractivity contribution is 7.99. The van der Waals surface area contributed by atoms with Crippen molar-refractivity contribution in [3.8, 4) is 11.6 Å². The van der Waals surface area contributed by atoms with Gasteiger partial charge in [-0.3, -0.25) is 9.36 Å². The number of hydrogen-bond donors (Lipinski definition) is 1. The molecule has 0 aliphatic carbocycles. The van der Waals surface area contributed by atoms with Crippen molar-refractivity contribution in [1.82, 2.24) is 20.1 Å². The Labute approximate surface area is 163 Å². The summed E-state index contributed by atoms with van der Waals surface area (Å²) in [4.78, 5) is 12.4. The van der Waals surface area contributed by atoms with Crippen LogP contribution in [0.4, 0.5) is 0 Å². The second-order valence-corrected chi connectivity index (χ2v) is 10.7. The molecule has 8 nitrogen and oxygen atoms in total. The first-order valence-electron chi connectivity index (χ1n) is 8.79. The molecule has 3 rings (SSSR count). The Morgan fingerprint density at radius 1 is 1.44 bits per heavy atom. The molecule has 27 heavy (non-hydrogen) atoms. The van der Waals surface area contributed by atoms with Gasteiger partial charge >= 0.3 is 0 Å². The highest BCUT2D eigenvalue weighted by Crippen LogP contribution is 2.26. The number of aromatic nitrogens is 3. The fourth-order valence-electron chi connectivity index (χ4n) is 3.13. The van der Waals surface area contributed by atoms with Gasteiger partial charge < -0.3 is 9.73 Å². The van der Waals surface area contributed by atoms with E-state index in [1.807, 2.05) is 10.6 Å². The summed E-state index contributed by atoms with van der Waals surface area (Å²) in [5, 5.41) is 11.9. The number of furan rings is 1. The summed E-state index contributed by atoms with van der Waals surface area (Å²) in [5.74, 6) is 1.66. The molecular weight excluding hydrogens is 388 g/mol. The molecule has 1 atom stereocenters. The normalized spacial score (nSPS) is 21.6. The molecule has 0 aromatic carbocycles. The molecule has 3 heterocycles. The van der Waals surface area contributed by atoms with Crippen LogP contribution in [0, 0.1) is 5.92 Å². The van der Waals surface area contributed by atoms with Crippen molar-refractivity contribution in [2.24, 2.45) is 5.92 Å². The van der Waals surface area contributed by atoms with Crippen LogP contribution < -0.4 is 5.32 Å². The summed E-state index contributed by atoms with van der Waals surface area (Å²) in [6.07, 6.45) is 2.03. The highest BCUT2D eigenvalue weighted by atomic mass is 32.2. The molecule has 148 valence electrons. The average molecular weight is 413 g/mol. The van der Waals surface area contributed by atoms with Crippen LogP contribution in [-0.4, -0.2) is 51.9 Å². The summed E-state index contributed by atoms with van der Waals surface area (Å²) in [6, 6.07) is 3.61. The van der Waals surface area contributed by atoms with Gasteiger partial charge in [-0.15, -0.1) is 10.2 Å². The quantitative estimate of drug-likeness (QED) is 0.693. The minimum atomic E-state index is -3.07. The van der Waals surface area contributed by atoms with E-state index >= 15 is 0 Å². The Morgan fingerprint density at radius 2 is 2.22 bits per heavy atom. The smallest absolute Gasteiger partial charge is 0.230 e. The number of amides is 1. The number of nitrogens with one attached hydrogen (secondary N) is 1. The lowest BCUT2D eigenvalue weighted by Crippen LogP contribution is -2.47. The molecule has 1 saturated heterocycles. The fourth-order valence-corrected chi connectivity index (χ4v) is 5.97. The molecule has 1 aliphatic rings. The lowest BCUT2D eigenvalue weighted by atomic mass is 10.0. The van der Waals surface area contributed by atoms with Gasteiger partial charge in [0.15, 0.2) is 26.6 Å². The van der Waals surface area contributed by atoms with Gasteiger partial charge in [-0.1, -0.05) is 25.6 Å². The van der Waals surface area contributed by atoms with Crippen LogP contribution in [0.3, 0.4) is 0 Å². The molecule has 0 spiro atoms.